The summed E-state index contributed by atoms with van der Waals surface area (Å²) >= 11 is 3.48. The van der Waals surface area contributed by atoms with E-state index in [2.05, 4.69) is 15.9 Å². The minimum absolute atomic E-state index is 0.291. The molecule has 0 fully saturated rings. The summed E-state index contributed by atoms with van der Waals surface area (Å²) in [7, 11) is 1.76. The van der Waals surface area contributed by atoms with Crippen LogP contribution in [-0.2, 0) is 7.05 Å². The van der Waals surface area contributed by atoms with Gasteiger partial charge in [0.1, 0.15) is 5.69 Å². The van der Waals surface area contributed by atoms with Crippen LogP contribution in [0, 0.1) is 6.92 Å². The fourth-order valence-corrected chi connectivity index (χ4v) is 2.25. The molecule has 0 saturated carbocycles. The van der Waals surface area contributed by atoms with Gasteiger partial charge in [-0.05, 0) is 30.7 Å². The zero-order valence-electron chi connectivity index (χ0n) is 9.57. The Morgan fingerprint density at radius 2 is 2.00 bits per heavy atom. The number of hydrogen-bond acceptors (Lipinski definition) is 1. The van der Waals surface area contributed by atoms with Crippen molar-refractivity contribution in [2.75, 3.05) is 0 Å². The summed E-state index contributed by atoms with van der Waals surface area (Å²) in [6.07, 6.45) is 0. The predicted octanol–water partition coefficient (Wildman–Crippen LogP) is 3.46. The molecule has 0 spiro atoms. The van der Waals surface area contributed by atoms with Crippen molar-refractivity contribution in [3.8, 4) is 11.3 Å². The van der Waals surface area contributed by atoms with E-state index in [-0.39, 0.29) is 0 Å². The van der Waals surface area contributed by atoms with Crippen LogP contribution in [0.2, 0.25) is 0 Å². The molecule has 2 rings (SSSR count). The first kappa shape index (κ1) is 11.9. The fraction of sp³-hybridized carbons (Fsp3) is 0.154. The van der Waals surface area contributed by atoms with E-state index in [4.69, 9.17) is 5.11 Å². The SMILES string of the molecule is Cc1c(Br)cccc1-c1ccc(C(=O)O)n1C. The average Bonchev–Trinajstić information content (AvgIpc) is 2.64. The predicted molar refractivity (Wildman–Crippen MR) is 70.2 cm³/mol. The number of hydrogen-bond donors (Lipinski definition) is 1. The molecular formula is C13H12BrNO2. The molecule has 4 heteroatoms. The molecule has 1 heterocycles. The third-order valence-corrected chi connectivity index (χ3v) is 3.74. The van der Waals surface area contributed by atoms with Gasteiger partial charge in [-0.3, -0.25) is 0 Å². The van der Waals surface area contributed by atoms with Crippen molar-refractivity contribution in [3.05, 3.63) is 46.1 Å². The Morgan fingerprint density at radius 1 is 1.29 bits per heavy atom. The standard InChI is InChI=1S/C13H12BrNO2/c1-8-9(4-3-5-10(8)14)11-6-7-12(13(16)17)15(11)2/h3-7H,1-2H3,(H,16,17). The molecular weight excluding hydrogens is 282 g/mol. The highest BCUT2D eigenvalue weighted by atomic mass is 79.9. The van der Waals surface area contributed by atoms with Gasteiger partial charge in [0, 0.05) is 22.8 Å². The van der Waals surface area contributed by atoms with Crippen LogP contribution in [0.4, 0.5) is 0 Å². The molecule has 1 aromatic heterocycles. The quantitative estimate of drug-likeness (QED) is 0.921. The number of halogens is 1. The molecule has 0 atom stereocenters. The van der Waals surface area contributed by atoms with Gasteiger partial charge in [0.2, 0.25) is 0 Å². The molecule has 0 unspecified atom stereocenters. The minimum Gasteiger partial charge on any atom is -0.477 e. The smallest absolute Gasteiger partial charge is 0.352 e. The van der Waals surface area contributed by atoms with Crippen LogP contribution in [0.3, 0.4) is 0 Å². The molecule has 1 N–H and O–H groups in total. The third kappa shape index (κ3) is 2.00. The minimum atomic E-state index is -0.911. The molecule has 0 aliphatic rings. The zero-order valence-corrected chi connectivity index (χ0v) is 11.2. The van der Waals surface area contributed by atoms with E-state index in [1.807, 2.05) is 31.2 Å². The van der Waals surface area contributed by atoms with Gasteiger partial charge in [0.25, 0.3) is 0 Å². The van der Waals surface area contributed by atoms with Crippen molar-refractivity contribution in [2.45, 2.75) is 6.92 Å². The van der Waals surface area contributed by atoms with E-state index in [0.29, 0.717) is 5.69 Å². The van der Waals surface area contributed by atoms with E-state index >= 15 is 0 Å². The molecule has 0 aliphatic carbocycles. The van der Waals surface area contributed by atoms with E-state index in [9.17, 15) is 4.79 Å². The molecule has 0 radical (unpaired) electrons. The highest BCUT2D eigenvalue weighted by Crippen LogP contribution is 2.29. The largest absolute Gasteiger partial charge is 0.477 e. The Labute approximate surface area is 108 Å². The van der Waals surface area contributed by atoms with E-state index in [1.54, 1.807) is 17.7 Å². The maximum atomic E-state index is 11.0. The molecule has 1 aromatic carbocycles. The summed E-state index contributed by atoms with van der Waals surface area (Å²) in [5.41, 5.74) is 3.33. The monoisotopic (exact) mass is 293 g/mol. The zero-order chi connectivity index (χ0) is 12.6. The number of carboxylic acid groups (broad SMARTS) is 1. The van der Waals surface area contributed by atoms with Crippen molar-refractivity contribution in [3.63, 3.8) is 0 Å². The van der Waals surface area contributed by atoms with Crippen LogP contribution in [-0.4, -0.2) is 15.6 Å². The van der Waals surface area contributed by atoms with E-state index in [0.717, 1.165) is 21.3 Å². The molecule has 3 nitrogen and oxygen atoms in total. The topological polar surface area (TPSA) is 42.2 Å². The summed E-state index contributed by atoms with van der Waals surface area (Å²) in [5.74, 6) is -0.911. The summed E-state index contributed by atoms with van der Waals surface area (Å²) in [5, 5.41) is 9.02. The summed E-state index contributed by atoms with van der Waals surface area (Å²) < 4.78 is 2.71. The van der Waals surface area contributed by atoms with Gasteiger partial charge in [-0.2, -0.15) is 0 Å². The second-order valence-electron chi connectivity index (χ2n) is 3.88. The van der Waals surface area contributed by atoms with Crippen LogP contribution in [0.1, 0.15) is 16.1 Å². The van der Waals surface area contributed by atoms with Gasteiger partial charge >= 0.3 is 5.97 Å². The van der Waals surface area contributed by atoms with Crippen LogP contribution in [0.25, 0.3) is 11.3 Å². The number of rotatable bonds is 2. The van der Waals surface area contributed by atoms with Crippen molar-refractivity contribution in [2.24, 2.45) is 7.05 Å². The number of nitrogens with zero attached hydrogens (tertiary/aromatic N) is 1. The third-order valence-electron chi connectivity index (χ3n) is 2.88. The van der Waals surface area contributed by atoms with Gasteiger partial charge in [0.05, 0.1) is 0 Å². The second-order valence-corrected chi connectivity index (χ2v) is 4.73. The van der Waals surface area contributed by atoms with Gasteiger partial charge in [-0.1, -0.05) is 28.1 Å². The number of benzene rings is 1. The van der Waals surface area contributed by atoms with E-state index in [1.165, 1.54) is 0 Å². The van der Waals surface area contributed by atoms with Gasteiger partial charge in [0.15, 0.2) is 0 Å². The van der Waals surface area contributed by atoms with Crippen LogP contribution in [0.15, 0.2) is 34.8 Å². The lowest BCUT2D eigenvalue weighted by Crippen LogP contribution is -2.05. The number of aromatic carboxylic acids is 1. The molecule has 0 saturated heterocycles. The molecule has 0 bridgehead atoms. The molecule has 2 aromatic rings. The second kappa shape index (κ2) is 4.37. The lowest BCUT2D eigenvalue weighted by molar-refractivity contribution is 0.0687. The van der Waals surface area contributed by atoms with Gasteiger partial charge in [-0.25, -0.2) is 4.79 Å². The van der Waals surface area contributed by atoms with Crippen LogP contribution < -0.4 is 0 Å². The average molecular weight is 294 g/mol. The first-order valence-electron chi connectivity index (χ1n) is 5.17. The summed E-state index contributed by atoms with van der Waals surface area (Å²) in [6, 6.07) is 9.36. The highest BCUT2D eigenvalue weighted by Gasteiger charge is 2.13. The number of carbonyl (C=O) groups is 1. The maximum Gasteiger partial charge on any atom is 0.352 e. The highest BCUT2D eigenvalue weighted by molar-refractivity contribution is 9.10. The lowest BCUT2D eigenvalue weighted by Gasteiger charge is -2.09. The first-order chi connectivity index (χ1) is 8.02. The number of aromatic nitrogens is 1. The fourth-order valence-electron chi connectivity index (χ4n) is 1.88. The molecule has 0 aliphatic heterocycles. The van der Waals surface area contributed by atoms with E-state index < -0.39 is 5.97 Å². The van der Waals surface area contributed by atoms with Gasteiger partial charge in [-0.15, -0.1) is 0 Å². The van der Waals surface area contributed by atoms with Crippen molar-refractivity contribution >= 4 is 21.9 Å². The van der Waals surface area contributed by atoms with Crippen molar-refractivity contribution in [1.82, 2.24) is 4.57 Å². The summed E-state index contributed by atoms with van der Waals surface area (Å²) in [6.45, 7) is 2.01. The Bertz CT molecular complexity index is 587. The van der Waals surface area contributed by atoms with Crippen molar-refractivity contribution < 1.29 is 9.90 Å². The molecule has 88 valence electrons. The molecule has 0 amide bonds. The summed E-state index contributed by atoms with van der Waals surface area (Å²) in [4.78, 5) is 11.0. The van der Waals surface area contributed by atoms with Crippen LogP contribution in [0.5, 0.6) is 0 Å². The Balaban J connectivity index is 2.62. The Hall–Kier alpha value is -1.55. The maximum absolute atomic E-state index is 11.0. The lowest BCUT2D eigenvalue weighted by atomic mass is 10.1. The first-order valence-corrected chi connectivity index (χ1v) is 5.96. The normalized spacial score (nSPS) is 10.5. The van der Waals surface area contributed by atoms with Crippen LogP contribution >= 0.6 is 15.9 Å². The van der Waals surface area contributed by atoms with Crippen molar-refractivity contribution in [1.29, 1.82) is 0 Å². The Morgan fingerprint density at radius 3 is 2.59 bits per heavy atom. The molecule has 17 heavy (non-hydrogen) atoms. The van der Waals surface area contributed by atoms with Gasteiger partial charge < -0.3 is 9.67 Å². The Kier molecular flexibility index (Phi) is 3.07. The number of carboxylic acids is 1.